The molecule has 1 N–H and O–H groups in total. The molecule has 0 saturated heterocycles. The Bertz CT molecular complexity index is 613. The Kier molecular flexibility index (Phi) is 5.19. The van der Waals surface area contributed by atoms with Crippen LogP contribution >= 0.6 is 47.8 Å². The smallest absolute Gasteiger partial charge is 0.252 e. The third-order valence-corrected chi connectivity index (χ3v) is 4.53. The van der Waals surface area contributed by atoms with Crippen molar-refractivity contribution in [2.45, 2.75) is 6.54 Å². The van der Waals surface area contributed by atoms with Gasteiger partial charge in [0, 0.05) is 20.0 Å². The van der Waals surface area contributed by atoms with Crippen molar-refractivity contribution in [1.29, 1.82) is 0 Å². The van der Waals surface area contributed by atoms with Crippen LogP contribution in [-0.4, -0.2) is 5.91 Å². The number of carbonyl (C=O) groups is 1. The highest BCUT2D eigenvalue weighted by Gasteiger charge is 2.10. The zero-order valence-electron chi connectivity index (χ0n) is 9.79. The van der Waals surface area contributed by atoms with E-state index in [1.54, 1.807) is 6.07 Å². The Morgan fingerprint density at radius 1 is 1.00 bits per heavy atom. The second-order valence-corrected chi connectivity index (χ2v) is 6.52. The topological polar surface area (TPSA) is 29.1 Å². The molecular weight excluding hydrogens is 438 g/mol. The molecule has 0 atom stereocenters. The van der Waals surface area contributed by atoms with Gasteiger partial charge in [0.2, 0.25) is 0 Å². The molecule has 0 saturated carbocycles. The number of benzene rings is 2. The molecule has 0 bridgehead atoms. The Morgan fingerprint density at radius 3 is 2.47 bits per heavy atom. The van der Waals surface area contributed by atoms with Crippen LogP contribution in [0.1, 0.15) is 15.9 Å². The molecule has 0 fully saturated rings. The standard InChI is InChI=1S/C14H10Br3NO/c15-10-5-6-13(17)11(7-10)14(19)18-8-9-3-1-2-4-12(9)16/h1-7H,8H2,(H,18,19). The van der Waals surface area contributed by atoms with Crippen molar-refractivity contribution in [3.8, 4) is 0 Å². The summed E-state index contributed by atoms with van der Waals surface area (Å²) in [5.74, 6) is -0.107. The van der Waals surface area contributed by atoms with E-state index in [0.29, 0.717) is 12.1 Å². The third kappa shape index (κ3) is 3.91. The van der Waals surface area contributed by atoms with Crippen molar-refractivity contribution in [2.24, 2.45) is 0 Å². The largest absolute Gasteiger partial charge is 0.348 e. The summed E-state index contributed by atoms with van der Waals surface area (Å²) in [6.45, 7) is 0.485. The summed E-state index contributed by atoms with van der Waals surface area (Å²) in [6, 6.07) is 13.3. The molecule has 0 aliphatic rings. The number of nitrogens with one attached hydrogen (secondary N) is 1. The van der Waals surface area contributed by atoms with Crippen LogP contribution in [0, 0.1) is 0 Å². The second-order valence-electron chi connectivity index (χ2n) is 3.90. The summed E-state index contributed by atoms with van der Waals surface area (Å²) in [5.41, 5.74) is 1.66. The van der Waals surface area contributed by atoms with E-state index in [1.807, 2.05) is 36.4 Å². The Hall–Kier alpha value is -0.650. The molecule has 0 aliphatic heterocycles. The van der Waals surface area contributed by atoms with Gasteiger partial charge in [-0.2, -0.15) is 0 Å². The highest BCUT2D eigenvalue weighted by molar-refractivity contribution is 9.11. The van der Waals surface area contributed by atoms with Crippen LogP contribution in [0.15, 0.2) is 55.9 Å². The number of hydrogen-bond acceptors (Lipinski definition) is 1. The van der Waals surface area contributed by atoms with Crippen molar-refractivity contribution >= 4 is 53.7 Å². The van der Waals surface area contributed by atoms with Crippen molar-refractivity contribution in [3.63, 3.8) is 0 Å². The zero-order valence-corrected chi connectivity index (χ0v) is 14.5. The molecule has 98 valence electrons. The summed E-state index contributed by atoms with van der Waals surface area (Å²) in [4.78, 5) is 12.1. The molecule has 0 heterocycles. The maximum Gasteiger partial charge on any atom is 0.252 e. The minimum Gasteiger partial charge on any atom is -0.348 e. The number of hydrogen-bond donors (Lipinski definition) is 1. The SMILES string of the molecule is O=C(NCc1ccccc1Br)c1cc(Br)ccc1Br. The summed E-state index contributed by atoms with van der Waals surface area (Å²) < 4.78 is 2.64. The van der Waals surface area contributed by atoms with Crippen LogP contribution < -0.4 is 5.32 Å². The first-order valence-corrected chi connectivity index (χ1v) is 7.92. The zero-order chi connectivity index (χ0) is 13.8. The predicted molar refractivity (Wildman–Crippen MR) is 87.2 cm³/mol. The van der Waals surface area contributed by atoms with E-state index in [1.165, 1.54) is 0 Å². The molecule has 0 unspecified atom stereocenters. The van der Waals surface area contributed by atoms with Gasteiger partial charge in [-0.15, -0.1) is 0 Å². The van der Waals surface area contributed by atoms with Gasteiger partial charge in [-0.1, -0.05) is 50.1 Å². The first-order chi connectivity index (χ1) is 9.08. The van der Waals surface area contributed by atoms with Gasteiger partial charge in [-0.25, -0.2) is 0 Å². The Labute approximate surface area is 137 Å². The van der Waals surface area contributed by atoms with Gasteiger partial charge < -0.3 is 5.32 Å². The fraction of sp³-hybridized carbons (Fsp3) is 0.0714. The van der Waals surface area contributed by atoms with Gasteiger partial charge in [0.05, 0.1) is 5.56 Å². The minimum atomic E-state index is -0.107. The second kappa shape index (κ2) is 6.68. The average molecular weight is 448 g/mol. The lowest BCUT2D eigenvalue weighted by Crippen LogP contribution is -2.23. The number of rotatable bonds is 3. The van der Waals surface area contributed by atoms with Gasteiger partial charge in [0.1, 0.15) is 0 Å². The van der Waals surface area contributed by atoms with Crippen LogP contribution in [0.4, 0.5) is 0 Å². The van der Waals surface area contributed by atoms with Crippen molar-refractivity contribution in [3.05, 3.63) is 67.0 Å². The molecule has 0 aliphatic carbocycles. The van der Waals surface area contributed by atoms with Crippen LogP contribution in [-0.2, 0) is 6.54 Å². The van der Waals surface area contributed by atoms with E-state index in [0.717, 1.165) is 19.0 Å². The fourth-order valence-corrected chi connectivity index (χ4v) is 2.80. The van der Waals surface area contributed by atoms with E-state index < -0.39 is 0 Å². The van der Waals surface area contributed by atoms with Crippen molar-refractivity contribution in [1.82, 2.24) is 5.32 Å². The number of carbonyl (C=O) groups excluding carboxylic acids is 1. The first-order valence-electron chi connectivity index (χ1n) is 5.54. The highest BCUT2D eigenvalue weighted by atomic mass is 79.9. The van der Waals surface area contributed by atoms with Crippen molar-refractivity contribution in [2.75, 3.05) is 0 Å². The summed E-state index contributed by atoms with van der Waals surface area (Å²) >= 11 is 10.2. The maximum atomic E-state index is 12.1. The molecule has 2 rings (SSSR count). The average Bonchev–Trinajstić information content (AvgIpc) is 2.40. The summed E-state index contributed by atoms with van der Waals surface area (Å²) in [7, 11) is 0. The monoisotopic (exact) mass is 445 g/mol. The van der Waals surface area contributed by atoms with E-state index in [-0.39, 0.29) is 5.91 Å². The summed E-state index contributed by atoms with van der Waals surface area (Å²) in [6.07, 6.45) is 0. The van der Waals surface area contributed by atoms with Gasteiger partial charge in [-0.05, 0) is 45.8 Å². The van der Waals surface area contributed by atoms with Crippen LogP contribution in [0.3, 0.4) is 0 Å². The van der Waals surface area contributed by atoms with Crippen molar-refractivity contribution < 1.29 is 4.79 Å². The molecule has 5 heteroatoms. The number of halogens is 3. The highest BCUT2D eigenvalue weighted by Crippen LogP contribution is 2.22. The molecule has 0 radical (unpaired) electrons. The van der Waals surface area contributed by atoms with Gasteiger partial charge >= 0.3 is 0 Å². The molecule has 1 amide bonds. The van der Waals surface area contributed by atoms with Crippen LogP contribution in [0.2, 0.25) is 0 Å². The van der Waals surface area contributed by atoms with E-state index in [9.17, 15) is 4.79 Å². The molecule has 2 aromatic rings. The fourth-order valence-electron chi connectivity index (χ4n) is 1.58. The lowest BCUT2D eigenvalue weighted by atomic mass is 10.2. The van der Waals surface area contributed by atoms with Gasteiger partial charge in [0.15, 0.2) is 0 Å². The molecule has 0 aromatic heterocycles. The quantitative estimate of drug-likeness (QED) is 0.712. The number of amides is 1. The summed E-state index contributed by atoms with van der Waals surface area (Å²) in [5, 5.41) is 2.90. The Balaban J connectivity index is 2.10. The van der Waals surface area contributed by atoms with E-state index in [4.69, 9.17) is 0 Å². The van der Waals surface area contributed by atoms with E-state index in [2.05, 4.69) is 53.1 Å². The van der Waals surface area contributed by atoms with Crippen LogP contribution in [0.25, 0.3) is 0 Å². The molecule has 2 aromatic carbocycles. The molecule has 0 spiro atoms. The van der Waals surface area contributed by atoms with Gasteiger partial charge in [0.25, 0.3) is 5.91 Å². The minimum absolute atomic E-state index is 0.107. The van der Waals surface area contributed by atoms with Gasteiger partial charge in [-0.3, -0.25) is 4.79 Å². The Morgan fingerprint density at radius 2 is 1.74 bits per heavy atom. The van der Waals surface area contributed by atoms with Crippen LogP contribution in [0.5, 0.6) is 0 Å². The molecule has 2 nitrogen and oxygen atoms in total. The van der Waals surface area contributed by atoms with E-state index >= 15 is 0 Å². The predicted octanol–water partition coefficient (Wildman–Crippen LogP) is 4.90. The molecule has 19 heavy (non-hydrogen) atoms. The normalized spacial score (nSPS) is 10.3. The lowest BCUT2D eigenvalue weighted by molar-refractivity contribution is 0.0950. The molecular formula is C14H10Br3NO. The maximum absolute atomic E-state index is 12.1. The lowest BCUT2D eigenvalue weighted by Gasteiger charge is -2.08. The first kappa shape index (κ1) is 14.8. The third-order valence-electron chi connectivity index (χ3n) is 2.57.